The van der Waals surface area contributed by atoms with Crippen molar-refractivity contribution in [1.82, 2.24) is 0 Å². The van der Waals surface area contributed by atoms with E-state index in [1.807, 2.05) is 0 Å². The number of unbranched alkanes of at least 4 members (excludes halogenated alkanes) is 4. The molecule has 0 aliphatic rings. The van der Waals surface area contributed by atoms with Gasteiger partial charge >= 0.3 is 0 Å². The molecule has 0 heterocycles. The molecule has 0 aromatic heterocycles. The van der Waals surface area contributed by atoms with Crippen molar-refractivity contribution in [3.63, 3.8) is 0 Å². The molecule has 0 aliphatic heterocycles. The van der Waals surface area contributed by atoms with Gasteiger partial charge in [-0.05, 0) is 25.7 Å². The second-order valence-electron chi connectivity index (χ2n) is 6.83. The van der Waals surface area contributed by atoms with Gasteiger partial charge in [-0.3, -0.25) is 0 Å². The average molecular weight is 377 g/mol. The Hall–Kier alpha value is -0.200. The monoisotopic (exact) mass is 376 g/mol. The quantitative estimate of drug-likeness (QED) is 0.320. The Morgan fingerprint density at radius 3 is 1.58 bits per heavy atom. The molecule has 0 aromatic rings. The second kappa shape index (κ2) is 19.6. The van der Waals surface area contributed by atoms with Crippen LogP contribution in [0, 0.1) is 0 Å². The van der Waals surface area contributed by atoms with Crippen molar-refractivity contribution in [2.24, 2.45) is 0 Å². The van der Waals surface area contributed by atoms with Crippen LogP contribution in [0.2, 0.25) is 0 Å². The van der Waals surface area contributed by atoms with Gasteiger partial charge in [-0.1, -0.05) is 53.4 Å². The third-order valence-corrected chi connectivity index (χ3v) is 4.30. The molecule has 158 valence electrons. The highest BCUT2D eigenvalue weighted by atomic mass is 16.6. The molecule has 2 unspecified atom stereocenters. The Labute approximate surface area is 161 Å². The number of ether oxygens (including phenoxy) is 4. The fourth-order valence-corrected chi connectivity index (χ4v) is 2.51. The van der Waals surface area contributed by atoms with E-state index >= 15 is 0 Å². The Morgan fingerprint density at radius 1 is 0.615 bits per heavy atom. The van der Waals surface area contributed by atoms with Crippen molar-refractivity contribution in [1.29, 1.82) is 0 Å². The molecule has 0 amide bonds. The van der Waals surface area contributed by atoms with Crippen molar-refractivity contribution in [2.75, 3.05) is 39.6 Å². The van der Waals surface area contributed by atoms with Crippen LogP contribution >= 0.6 is 0 Å². The molecule has 26 heavy (non-hydrogen) atoms. The van der Waals surface area contributed by atoms with Gasteiger partial charge in [0.2, 0.25) is 0 Å². The van der Waals surface area contributed by atoms with Crippen LogP contribution in [-0.2, 0) is 18.9 Å². The minimum Gasteiger partial charge on any atom is -0.394 e. The van der Waals surface area contributed by atoms with Gasteiger partial charge in [-0.15, -0.1) is 0 Å². The number of aliphatic hydroxyl groups excluding tert-OH is 1. The summed E-state index contributed by atoms with van der Waals surface area (Å²) in [4.78, 5) is 0. The van der Waals surface area contributed by atoms with Gasteiger partial charge in [0.1, 0.15) is 18.3 Å². The topological polar surface area (TPSA) is 57.2 Å². The van der Waals surface area contributed by atoms with E-state index in [1.54, 1.807) is 0 Å². The number of hydrogen-bond acceptors (Lipinski definition) is 5. The highest BCUT2D eigenvalue weighted by Crippen LogP contribution is 2.16. The highest BCUT2D eigenvalue weighted by molar-refractivity contribution is 4.80. The van der Waals surface area contributed by atoms with Crippen LogP contribution in [0.3, 0.4) is 0 Å². The Balaban J connectivity index is 4.90. The van der Waals surface area contributed by atoms with Crippen LogP contribution in [0.4, 0.5) is 0 Å². The smallest absolute Gasteiger partial charge is 0.114 e. The van der Waals surface area contributed by atoms with E-state index in [1.165, 1.54) is 0 Å². The molecule has 0 saturated carbocycles. The first-order valence-electron chi connectivity index (χ1n) is 10.8. The van der Waals surface area contributed by atoms with Gasteiger partial charge in [-0.25, -0.2) is 0 Å². The lowest BCUT2D eigenvalue weighted by Gasteiger charge is -2.33. The molecule has 0 aliphatic carbocycles. The molecule has 0 spiro atoms. The van der Waals surface area contributed by atoms with Crippen molar-refractivity contribution < 1.29 is 24.1 Å². The second-order valence-corrected chi connectivity index (χ2v) is 6.83. The summed E-state index contributed by atoms with van der Waals surface area (Å²) < 4.78 is 24.0. The molecular formula is C21H44O5. The minimum atomic E-state index is -0.375. The maximum absolute atomic E-state index is 9.88. The van der Waals surface area contributed by atoms with Gasteiger partial charge in [0.15, 0.2) is 0 Å². The van der Waals surface area contributed by atoms with E-state index in [9.17, 15) is 5.11 Å². The van der Waals surface area contributed by atoms with Crippen molar-refractivity contribution in [2.45, 2.75) is 97.4 Å². The third kappa shape index (κ3) is 13.0. The molecule has 3 atom stereocenters. The fraction of sp³-hybridized carbons (Fsp3) is 1.00. The normalized spacial score (nSPS) is 15.1. The summed E-state index contributed by atoms with van der Waals surface area (Å²) in [5.41, 5.74) is 0. The molecule has 0 rings (SSSR count). The zero-order valence-electron chi connectivity index (χ0n) is 17.7. The number of aliphatic hydroxyl groups is 1. The summed E-state index contributed by atoms with van der Waals surface area (Å²) in [6, 6.07) is 0. The third-order valence-electron chi connectivity index (χ3n) is 4.30. The van der Waals surface area contributed by atoms with Crippen molar-refractivity contribution in [3.8, 4) is 0 Å². The lowest BCUT2D eigenvalue weighted by Crippen LogP contribution is -2.47. The summed E-state index contributed by atoms with van der Waals surface area (Å²) in [6.45, 7) is 11.7. The molecular weight excluding hydrogens is 332 g/mol. The number of hydrogen-bond donors (Lipinski definition) is 1. The van der Waals surface area contributed by atoms with Crippen molar-refractivity contribution >= 4 is 0 Å². The lowest BCUT2D eigenvalue weighted by molar-refractivity contribution is -0.165. The Kier molecular flexibility index (Phi) is 19.4. The van der Waals surface area contributed by atoms with E-state index in [4.69, 9.17) is 18.9 Å². The van der Waals surface area contributed by atoms with Crippen LogP contribution in [0.25, 0.3) is 0 Å². The summed E-state index contributed by atoms with van der Waals surface area (Å²) in [5, 5.41) is 9.88. The summed E-state index contributed by atoms with van der Waals surface area (Å²) >= 11 is 0. The molecule has 5 nitrogen and oxygen atoms in total. The van der Waals surface area contributed by atoms with E-state index in [-0.39, 0.29) is 24.9 Å². The molecule has 1 N–H and O–H groups in total. The first-order valence-corrected chi connectivity index (χ1v) is 10.8. The standard InChI is InChI=1S/C21H44O5/c1-5-9-13-23-18-20(25-15-11-7-3)21(26-16-12-8-4)19(17-22)24-14-10-6-2/h19-22H,5-18H2,1-4H3/t19?,20-,21?/m0/s1. The van der Waals surface area contributed by atoms with Crippen LogP contribution in [0.15, 0.2) is 0 Å². The largest absolute Gasteiger partial charge is 0.394 e. The highest BCUT2D eigenvalue weighted by Gasteiger charge is 2.32. The predicted octanol–water partition coefficient (Wildman–Crippen LogP) is 4.35. The predicted molar refractivity (Wildman–Crippen MR) is 107 cm³/mol. The van der Waals surface area contributed by atoms with Gasteiger partial charge in [0.05, 0.1) is 13.2 Å². The van der Waals surface area contributed by atoms with Gasteiger partial charge in [0.25, 0.3) is 0 Å². The molecule has 0 fully saturated rings. The van der Waals surface area contributed by atoms with Crippen molar-refractivity contribution in [3.05, 3.63) is 0 Å². The molecule has 0 bridgehead atoms. The van der Waals surface area contributed by atoms with Gasteiger partial charge in [-0.2, -0.15) is 0 Å². The SMILES string of the molecule is CCCCOC[C@H](OCCCC)C(OCCCC)C(CO)OCCCC. The summed E-state index contributed by atoms with van der Waals surface area (Å²) in [7, 11) is 0. The summed E-state index contributed by atoms with van der Waals surface area (Å²) in [5.74, 6) is 0. The molecule has 0 saturated heterocycles. The van der Waals surface area contributed by atoms with E-state index in [2.05, 4.69) is 27.7 Å². The van der Waals surface area contributed by atoms with E-state index in [0.717, 1.165) is 58.0 Å². The van der Waals surface area contributed by atoms with E-state index < -0.39 is 0 Å². The minimum absolute atomic E-state index is 0.0664. The maximum Gasteiger partial charge on any atom is 0.114 e. The zero-order valence-corrected chi connectivity index (χ0v) is 17.7. The van der Waals surface area contributed by atoms with Crippen LogP contribution < -0.4 is 0 Å². The first-order chi connectivity index (χ1) is 12.7. The zero-order chi connectivity index (χ0) is 19.5. The summed E-state index contributed by atoms with van der Waals surface area (Å²) in [6.07, 6.45) is 7.45. The lowest BCUT2D eigenvalue weighted by atomic mass is 10.1. The van der Waals surface area contributed by atoms with Gasteiger partial charge < -0.3 is 24.1 Å². The van der Waals surface area contributed by atoms with Crippen LogP contribution in [0.1, 0.15) is 79.1 Å². The fourth-order valence-electron chi connectivity index (χ4n) is 2.51. The maximum atomic E-state index is 9.88. The van der Waals surface area contributed by atoms with Crippen LogP contribution in [0.5, 0.6) is 0 Å². The van der Waals surface area contributed by atoms with Crippen LogP contribution in [-0.4, -0.2) is 63.1 Å². The molecule has 5 heteroatoms. The van der Waals surface area contributed by atoms with Gasteiger partial charge in [0, 0.05) is 26.4 Å². The first kappa shape index (κ1) is 25.8. The van der Waals surface area contributed by atoms with E-state index in [0.29, 0.717) is 26.4 Å². The number of rotatable bonds is 20. The molecule has 0 radical (unpaired) electrons. The Morgan fingerprint density at radius 2 is 1.08 bits per heavy atom. The Bertz CT molecular complexity index is 275. The average Bonchev–Trinajstić information content (AvgIpc) is 2.65. The molecule has 0 aromatic carbocycles.